The number of thiazole rings is 2. The second kappa shape index (κ2) is 10.5. The molecule has 0 bridgehead atoms. The van der Waals surface area contributed by atoms with Gasteiger partial charge < -0.3 is 5.11 Å². The van der Waals surface area contributed by atoms with Gasteiger partial charge in [-0.15, -0.1) is 22.7 Å². The van der Waals surface area contributed by atoms with Crippen molar-refractivity contribution in [3.63, 3.8) is 0 Å². The van der Waals surface area contributed by atoms with Crippen molar-refractivity contribution in [2.75, 3.05) is 10.7 Å². The van der Waals surface area contributed by atoms with Crippen molar-refractivity contribution < 1.29 is 19.1 Å². The molecule has 0 aliphatic carbocycles. The molecule has 9 nitrogen and oxygen atoms in total. The predicted octanol–water partition coefficient (Wildman–Crippen LogP) is 5.20. The van der Waals surface area contributed by atoms with Crippen LogP contribution < -0.4 is 10.7 Å². The lowest BCUT2D eigenvalue weighted by Gasteiger charge is -2.08. The molecule has 0 radical (unpaired) electrons. The molecule has 2 aromatic heterocycles. The summed E-state index contributed by atoms with van der Waals surface area (Å²) in [5.74, 6) is -2.18. The first-order valence-corrected chi connectivity index (χ1v) is 12.1. The van der Waals surface area contributed by atoms with Gasteiger partial charge in [0.1, 0.15) is 5.82 Å². The number of hydrogen-bond donors (Lipinski definition) is 4. The number of aryl methyl sites for hydroxylation is 2. The third kappa shape index (κ3) is 5.67. The Hall–Kier alpha value is -4.29. The minimum atomic E-state index is -1.03. The second-order valence-corrected chi connectivity index (χ2v) is 9.55. The molecule has 36 heavy (non-hydrogen) atoms. The van der Waals surface area contributed by atoms with E-state index in [1.54, 1.807) is 17.5 Å². The van der Waals surface area contributed by atoms with Gasteiger partial charge in [-0.25, -0.2) is 19.2 Å². The summed E-state index contributed by atoms with van der Waals surface area (Å²) in [6.07, 6.45) is 0. The molecule has 2 heterocycles. The first kappa shape index (κ1) is 24.8. The van der Waals surface area contributed by atoms with Gasteiger partial charge in [0.15, 0.2) is 10.8 Å². The topological polar surface area (TPSA) is 140 Å². The Morgan fingerprint density at radius 2 is 1.67 bits per heavy atom. The summed E-state index contributed by atoms with van der Waals surface area (Å²) >= 11 is 2.52. The highest BCUT2D eigenvalue weighted by molar-refractivity contribution is 7.15. The second-order valence-electron chi connectivity index (χ2n) is 7.49. The Balaban J connectivity index is 1.57. The smallest absolute Gasteiger partial charge is 0.335 e. The third-order valence-corrected chi connectivity index (χ3v) is 6.76. The minimum absolute atomic E-state index is 0.154. The van der Waals surface area contributed by atoms with Gasteiger partial charge in [-0.1, -0.05) is 12.1 Å². The Morgan fingerprint density at radius 3 is 2.28 bits per heavy atom. The SMILES string of the molecule is Cc1nc(N/N=C(/C(=N)c2ccc(F)cc2)C(=O)Nc2nc(-c3ccc(C(=O)O)cc3)cs2)sc1C. The van der Waals surface area contributed by atoms with Crippen LogP contribution in [0.4, 0.5) is 14.7 Å². The highest BCUT2D eigenvalue weighted by Gasteiger charge is 2.21. The molecule has 0 unspecified atom stereocenters. The van der Waals surface area contributed by atoms with Gasteiger partial charge in [-0.2, -0.15) is 5.10 Å². The standard InChI is InChI=1S/C24H19FN6O3S2/c1-12-13(2)36-24(27-12)31-30-20(19(26)15-7-9-17(25)10-8-15)21(32)29-23-28-18(11-35-23)14-3-5-16(6-4-14)22(33)34/h3-11,26H,1-2H3,(H,27,31)(H,33,34)(H,28,29,32)/b26-19?,30-20-. The van der Waals surface area contributed by atoms with E-state index in [0.29, 0.717) is 22.0 Å². The van der Waals surface area contributed by atoms with Crippen molar-refractivity contribution in [3.8, 4) is 11.3 Å². The summed E-state index contributed by atoms with van der Waals surface area (Å²) in [5, 5.41) is 26.8. The van der Waals surface area contributed by atoms with Crippen LogP contribution >= 0.6 is 22.7 Å². The molecule has 0 aliphatic heterocycles. The Kier molecular flexibility index (Phi) is 7.27. The number of amides is 1. The fourth-order valence-corrected chi connectivity index (χ4v) is 4.47. The van der Waals surface area contributed by atoms with Gasteiger partial charge in [-0.3, -0.25) is 20.9 Å². The molecule has 2 aromatic carbocycles. The molecule has 182 valence electrons. The summed E-state index contributed by atoms with van der Waals surface area (Å²) in [6, 6.07) is 11.4. The summed E-state index contributed by atoms with van der Waals surface area (Å²) < 4.78 is 13.4. The zero-order valence-electron chi connectivity index (χ0n) is 19.0. The molecule has 4 aromatic rings. The van der Waals surface area contributed by atoms with E-state index in [2.05, 4.69) is 25.8 Å². The number of benzene rings is 2. The Morgan fingerprint density at radius 1 is 1.00 bits per heavy atom. The number of hydrogen-bond acceptors (Lipinski definition) is 9. The molecule has 4 rings (SSSR count). The summed E-state index contributed by atoms with van der Waals surface area (Å²) in [4.78, 5) is 33.9. The monoisotopic (exact) mass is 522 g/mol. The number of hydrazone groups is 1. The molecule has 12 heteroatoms. The zero-order valence-corrected chi connectivity index (χ0v) is 20.6. The molecular weight excluding hydrogens is 503 g/mol. The quantitative estimate of drug-likeness (QED) is 0.185. The van der Waals surface area contributed by atoms with E-state index in [4.69, 9.17) is 10.5 Å². The van der Waals surface area contributed by atoms with Crippen molar-refractivity contribution in [2.45, 2.75) is 13.8 Å². The maximum Gasteiger partial charge on any atom is 0.335 e. The normalized spacial score (nSPS) is 11.2. The van der Waals surface area contributed by atoms with Gasteiger partial charge in [0.05, 0.1) is 22.7 Å². The van der Waals surface area contributed by atoms with E-state index >= 15 is 0 Å². The maximum absolute atomic E-state index is 13.4. The van der Waals surface area contributed by atoms with E-state index in [1.165, 1.54) is 47.7 Å². The fourth-order valence-electron chi connectivity index (χ4n) is 3.00. The minimum Gasteiger partial charge on any atom is -0.478 e. The van der Waals surface area contributed by atoms with Crippen molar-refractivity contribution in [2.24, 2.45) is 5.10 Å². The third-order valence-electron chi connectivity index (χ3n) is 5.03. The van der Waals surface area contributed by atoms with Crippen LogP contribution in [-0.2, 0) is 4.79 Å². The summed E-state index contributed by atoms with van der Waals surface area (Å²) in [6.45, 7) is 3.76. The largest absolute Gasteiger partial charge is 0.478 e. The number of carboxylic acid groups (broad SMARTS) is 1. The summed E-state index contributed by atoms with van der Waals surface area (Å²) in [5.41, 5.74) is 4.79. The van der Waals surface area contributed by atoms with Gasteiger partial charge in [0, 0.05) is 21.4 Å². The number of anilines is 2. The first-order chi connectivity index (χ1) is 17.2. The first-order valence-electron chi connectivity index (χ1n) is 10.4. The van der Waals surface area contributed by atoms with Crippen LogP contribution in [0.25, 0.3) is 11.3 Å². The number of nitrogens with zero attached hydrogens (tertiary/aromatic N) is 3. The molecule has 0 fully saturated rings. The molecule has 0 spiro atoms. The molecule has 1 amide bonds. The van der Waals surface area contributed by atoms with Gasteiger partial charge >= 0.3 is 5.97 Å². The molecular formula is C24H19FN6O3S2. The van der Waals surface area contributed by atoms with Crippen LogP contribution in [0.5, 0.6) is 0 Å². The fraction of sp³-hybridized carbons (Fsp3) is 0.0833. The van der Waals surface area contributed by atoms with Crippen LogP contribution in [0.3, 0.4) is 0 Å². The summed E-state index contributed by atoms with van der Waals surface area (Å²) in [7, 11) is 0. The number of nitrogens with one attached hydrogen (secondary N) is 3. The van der Waals surface area contributed by atoms with E-state index in [-0.39, 0.29) is 22.1 Å². The average Bonchev–Trinajstić information content (AvgIpc) is 3.45. The van der Waals surface area contributed by atoms with E-state index in [1.807, 2.05) is 13.8 Å². The van der Waals surface area contributed by atoms with Crippen LogP contribution in [0, 0.1) is 25.1 Å². The van der Waals surface area contributed by atoms with E-state index < -0.39 is 17.7 Å². The molecule has 0 saturated carbocycles. The molecule has 4 N–H and O–H groups in total. The predicted molar refractivity (Wildman–Crippen MR) is 139 cm³/mol. The van der Waals surface area contributed by atoms with Crippen molar-refractivity contribution in [3.05, 3.63) is 81.4 Å². The van der Waals surface area contributed by atoms with E-state index in [0.717, 1.165) is 21.9 Å². The number of aromatic carboxylic acids is 1. The number of halogens is 1. The molecule has 0 saturated heterocycles. The molecule has 0 atom stereocenters. The number of rotatable bonds is 8. The van der Waals surface area contributed by atoms with Gasteiger partial charge in [0.2, 0.25) is 5.13 Å². The molecule has 0 aliphatic rings. The number of aromatic nitrogens is 2. The number of carbonyl (C=O) groups is 2. The van der Waals surface area contributed by atoms with Crippen LogP contribution in [0.2, 0.25) is 0 Å². The van der Waals surface area contributed by atoms with Gasteiger partial charge in [0.25, 0.3) is 5.91 Å². The zero-order chi connectivity index (χ0) is 25.8. The average molecular weight is 523 g/mol. The highest BCUT2D eigenvalue weighted by Crippen LogP contribution is 2.25. The number of carbonyl (C=O) groups excluding carboxylic acids is 1. The maximum atomic E-state index is 13.4. The lowest BCUT2D eigenvalue weighted by atomic mass is 10.1. The van der Waals surface area contributed by atoms with Crippen LogP contribution in [0.1, 0.15) is 26.5 Å². The van der Waals surface area contributed by atoms with Gasteiger partial charge in [-0.05, 0) is 50.2 Å². The Labute approximate surface area is 212 Å². The van der Waals surface area contributed by atoms with Crippen molar-refractivity contribution in [1.29, 1.82) is 5.41 Å². The van der Waals surface area contributed by atoms with Crippen molar-refractivity contribution >= 4 is 56.2 Å². The lowest BCUT2D eigenvalue weighted by molar-refractivity contribution is -0.110. The Bertz CT molecular complexity index is 1460. The lowest BCUT2D eigenvalue weighted by Crippen LogP contribution is -2.31. The number of carboxylic acids is 1. The van der Waals surface area contributed by atoms with Crippen LogP contribution in [0.15, 0.2) is 59.0 Å². The highest BCUT2D eigenvalue weighted by atomic mass is 32.1. The van der Waals surface area contributed by atoms with Crippen LogP contribution in [-0.4, -0.2) is 38.4 Å². The van der Waals surface area contributed by atoms with E-state index in [9.17, 15) is 14.0 Å². The van der Waals surface area contributed by atoms with Crippen molar-refractivity contribution in [1.82, 2.24) is 9.97 Å².